The summed E-state index contributed by atoms with van der Waals surface area (Å²) in [6, 6.07) is 5.50. The van der Waals surface area contributed by atoms with Crippen molar-refractivity contribution in [2.45, 2.75) is 64.3 Å². The van der Waals surface area contributed by atoms with Crippen molar-refractivity contribution in [2.75, 3.05) is 20.3 Å². The van der Waals surface area contributed by atoms with Gasteiger partial charge in [-0.1, -0.05) is 25.0 Å². The topological polar surface area (TPSA) is 64.1 Å². The summed E-state index contributed by atoms with van der Waals surface area (Å²) in [5, 5.41) is 6.89. The smallest absolute Gasteiger partial charge is 0.387 e. The van der Waals surface area contributed by atoms with E-state index in [0.29, 0.717) is 48.5 Å². The Balaban J connectivity index is 0.00000272. The van der Waals surface area contributed by atoms with Crippen LogP contribution in [0.25, 0.3) is 0 Å². The number of nitrogens with one attached hydrogen (secondary N) is 2. The molecule has 0 bridgehead atoms. The molecule has 6 nitrogen and oxygen atoms in total. The van der Waals surface area contributed by atoms with Crippen molar-refractivity contribution in [3.05, 3.63) is 23.8 Å². The van der Waals surface area contributed by atoms with Crippen LogP contribution >= 0.6 is 24.0 Å². The molecule has 1 heterocycles. The van der Waals surface area contributed by atoms with Crippen LogP contribution in [0.1, 0.15) is 44.6 Å². The van der Waals surface area contributed by atoms with Crippen molar-refractivity contribution < 1.29 is 23.0 Å². The van der Waals surface area contributed by atoms with E-state index in [2.05, 4.69) is 15.6 Å². The number of rotatable bonds is 7. The molecule has 3 atom stereocenters. The maximum atomic E-state index is 13.0. The van der Waals surface area contributed by atoms with Gasteiger partial charge in [0.15, 0.2) is 17.5 Å². The van der Waals surface area contributed by atoms with E-state index in [1.54, 1.807) is 32.2 Å². The molecule has 3 unspecified atom stereocenters. The fraction of sp³-hybridized carbons (Fsp3) is 0.682. The lowest BCUT2D eigenvalue weighted by molar-refractivity contribution is -0.125. The van der Waals surface area contributed by atoms with Gasteiger partial charge >= 0.3 is 6.61 Å². The minimum Gasteiger partial charge on any atom is -0.490 e. The Morgan fingerprint density at radius 3 is 2.77 bits per heavy atom. The molecule has 1 aromatic rings. The first-order chi connectivity index (χ1) is 14.6. The number of fused-ring (bicyclic) bond motifs is 2. The van der Waals surface area contributed by atoms with Gasteiger partial charge in [-0.15, -0.1) is 24.0 Å². The molecule has 1 aromatic carbocycles. The van der Waals surface area contributed by atoms with Crippen molar-refractivity contribution in [1.82, 2.24) is 10.6 Å². The van der Waals surface area contributed by atoms with Crippen molar-refractivity contribution in [3.8, 4) is 11.5 Å². The van der Waals surface area contributed by atoms with Crippen LogP contribution in [0.5, 0.6) is 11.5 Å². The summed E-state index contributed by atoms with van der Waals surface area (Å²) in [5.41, 5.74) is 0.799. The van der Waals surface area contributed by atoms with E-state index in [9.17, 15) is 8.78 Å². The molecule has 0 aromatic heterocycles. The minimum absolute atomic E-state index is 0. The van der Waals surface area contributed by atoms with Crippen LogP contribution in [0.3, 0.4) is 0 Å². The number of aliphatic imine (C=N–C) groups is 1. The molecule has 3 aliphatic rings. The molecular weight excluding hydrogens is 519 g/mol. The molecule has 1 saturated heterocycles. The number of halogens is 3. The Hall–Kier alpha value is -1.36. The second-order valence-electron chi connectivity index (χ2n) is 8.29. The number of benzene rings is 1. The molecule has 2 saturated carbocycles. The average molecular weight is 551 g/mol. The third-order valence-electron chi connectivity index (χ3n) is 6.82. The molecular formula is C22H32F2IN3O3. The third kappa shape index (κ3) is 4.72. The number of para-hydroxylation sites is 1. The van der Waals surface area contributed by atoms with Gasteiger partial charge < -0.3 is 24.8 Å². The lowest BCUT2D eigenvalue weighted by Gasteiger charge is -2.57. The summed E-state index contributed by atoms with van der Waals surface area (Å²) in [6.45, 7) is 0.389. The highest BCUT2D eigenvalue weighted by Gasteiger charge is 2.65. The predicted octanol–water partition coefficient (Wildman–Crippen LogP) is 4.32. The molecule has 0 radical (unpaired) electrons. The highest BCUT2D eigenvalue weighted by Crippen LogP contribution is 2.60. The highest BCUT2D eigenvalue weighted by molar-refractivity contribution is 14.0. The number of hydrogen-bond donors (Lipinski definition) is 2. The van der Waals surface area contributed by atoms with E-state index in [4.69, 9.17) is 14.2 Å². The van der Waals surface area contributed by atoms with Gasteiger partial charge in [-0.3, -0.25) is 4.99 Å². The maximum Gasteiger partial charge on any atom is 0.387 e. The number of ether oxygens (including phenoxy) is 3. The summed E-state index contributed by atoms with van der Waals surface area (Å²) in [6.07, 6.45) is 6.30. The highest BCUT2D eigenvalue weighted by atomic mass is 127. The Morgan fingerprint density at radius 2 is 2.10 bits per heavy atom. The van der Waals surface area contributed by atoms with Crippen LogP contribution < -0.4 is 20.1 Å². The molecule has 9 heteroatoms. The van der Waals surface area contributed by atoms with Crippen molar-refractivity contribution in [3.63, 3.8) is 0 Å². The summed E-state index contributed by atoms with van der Waals surface area (Å²) >= 11 is 0. The summed E-state index contributed by atoms with van der Waals surface area (Å²) in [5.74, 6) is 1.56. The average Bonchev–Trinajstić information content (AvgIpc) is 3.39. The van der Waals surface area contributed by atoms with Crippen molar-refractivity contribution in [1.29, 1.82) is 0 Å². The largest absolute Gasteiger partial charge is 0.490 e. The zero-order valence-corrected chi connectivity index (χ0v) is 20.4. The predicted molar refractivity (Wildman–Crippen MR) is 126 cm³/mol. The number of nitrogens with zero attached hydrogens (tertiary/aromatic N) is 1. The van der Waals surface area contributed by atoms with Gasteiger partial charge in [0.05, 0.1) is 12.7 Å². The Labute approximate surface area is 199 Å². The van der Waals surface area contributed by atoms with Crippen LogP contribution in [0.2, 0.25) is 0 Å². The molecule has 31 heavy (non-hydrogen) atoms. The van der Waals surface area contributed by atoms with Crippen LogP contribution in [0.4, 0.5) is 8.78 Å². The lowest BCUT2D eigenvalue weighted by atomic mass is 9.54. The van der Waals surface area contributed by atoms with Gasteiger partial charge in [-0.05, 0) is 32.3 Å². The van der Waals surface area contributed by atoms with Gasteiger partial charge in [-0.25, -0.2) is 0 Å². The normalized spacial score (nSPS) is 26.2. The molecule has 3 fully saturated rings. The lowest BCUT2D eigenvalue weighted by Crippen LogP contribution is -2.69. The summed E-state index contributed by atoms with van der Waals surface area (Å²) < 4.78 is 42.2. The van der Waals surface area contributed by atoms with Gasteiger partial charge in [0.2, 0.25) is 0 Å². The van der Waals surface area contributed by atoms with Crippen LogP contribution in [-0.2, 0) is 11.3 Å². The van der Waals surface area contributed by atoms with Gasteiger partial charge in [0.1, 0.15) is 0 Å². The molecule has 2 N–H and O–H groups in total. The van der Waals surface area contributed by atoms with E-state index < -0.39 is 6.61 Å². The quantitative estimate of drug-likeness (QED) is 0.301. The second-order valence-corrected chi connectivity index (χ2v) is 8.29. The zero-order chi connectivity index (χ0) is 21.1. The minimum atomic E-state index is -2.92. The third-order valence-corrected chi connectivity index (χ3v) is 6.82. The van der Waals surface area contributed by atoms with Crippen LogP contribution in [0, 0.1) is 11.3 Å². The first-order valence-electron chi connectivity index (χ1n) is 10.9. The standard InChI is InChI=1S/C22H31F2N3O3.HI/c1-3-28-16-8-6-7-14(17(16)30-20(23)24)13-26-21(25-2)27-18-15-9-12-29-19(15)22(18)10-4-5-11-22;/h6-8,15,18-20H,3-5,9-13H2,1-2H3,(H2,25,26,27);1H. The van der Waals surface area contributed by atoms with E-state index in [1.165, 1.54) is 25.7 Å². The molecule has 1 aliphatic heterocycles. The van der Waals surface area contributed by atoms with Crippen molar-refractivity contribution >= 4 is 29.9 Å². The first-order valence-corrected chi connectivity index (χ1v) is 10.9. The Morgan fingerprint density at radius 1 is 1.32 bits per heavy atom. The molecule has 1 spiro atoms. The fourth-order valence-corrected chi connectivity index (χ4v) is 5.62. The second kappa shape index (κ2) is 10.5. The Bertz CT molecular complexity index is 774. The van der Waals surface area contributed by atoms with E-state index in [-0.39, 0.29) is 35.1 Å². The van der Waals surface area contributed by atoms with E-state index in [0.717, 1.165) is 13.0 Å². The van der Waals surface area contributed by atoms with Gasteiger partial charge in [0, 0.05) is 43.1 Å². The molecule has 4 rings (SSSR count). The van der Waals surface area contributed by atoms with Crippen LogP contribution in [-0.4, -0.2) is 45.0 Å². The maximum absolute atomic E-state index is 13.0. The number of alkyl halides is 2. The van der Waals surface area contributed by atoms with E-state index >= 15 is 0 Å². The number of hydrogen-bond acceptors (Lipinski definition) is 4. The summed E-state index contributed by atoms with van der Waals surface area (Å²) in [7, 11) is 1.73. The van der Waals surface area contributed by atoms with Gasteiger partial charge in [0.25, 0.3) is 0 Å². The molecule has 0 amide bonds. The number of guanidine groups is 1. The molecule has 2 aliphatic carbocycles. The fourth-order valence-electron chi connectivity index (χ4n) is 5.62. The monoisotopic (exact) mass is 551 g/mol. The Kier molecular flexibility index (Phi) is 8.23. The van der Waals surface area contributed by atoms with E-state index in [1.807, 2.05) is 0 Å². The van der Waals surface area contributed by atoms with Crippen LogP contribution in [0.15, 0.2) is 23.2 Å². The van der Waals surface area contributed by atoms with Gasteiger partial charge in [-0.2, -0.15) is 8.78 Å². The molecule has 174 valence electrons. The SMILES string of the molecule is CCOc1cccc(CNC(=NC)NC2C3CCOC3C23CCCC3)c1OC(F)F.I. The van der Waals surface area contributed by atoms with Crippen molar-refractivity contribution in [2.24, 2.45) is 16.3 Å². The zero-order valence-electron chi connectivity index (χ0n) is 18.0. The first kappa shape index (κ1) is 24.3. The summed E-state index contributed by atoms with van der Waals surface area (Å²) in [4.78, 5) is 4.38.